The highest BCUT2D eigenvalue weighted by atomic mass is 19.1. The number of rotatable bonds is 4. The molecule has 0 aromatic heterocycles. The number of hydrogen-bond donors (Lipinski definition) is 0. The first-order chi connectivity index (χ1) is 10.0. The van der Waals surface area contributed by atoms with E-state index in [0.29, 0.717) is 11.5 Å². The third-order valence-electron chi connectivity index (χ3n) is 3.83. The molecule has 0 fully saturated rings. The lowest BCUT2D eigenvalue weighted by molar-refractivity contribution is 0.596. The second-order valence-corrected chi connectivity index (χ2v) is 5.85. The maximum atomic E-state index is 13.7. The van der Waals surface area contributed by atoms with Gasteiger partial charge in [0, 0.05) is 0 Å². The molecule has 2 aromatic carbocycles. The minimum atomic E-state index is -0.125. The quantitative estimate of drug-likeness (QED) is 0.758. The van der Waals surface area contributed by atoms with Crippen LogP contribution in [0.4, 0.5) is 4.39 Å². The molecule has 1 nitrogen and oxygen atoms in total. The Hall–Kier alpha value is -2.14. The van der Waals surface area contributed by atoms with Gasteiger partial charge < -0.3 is 0 Å². The fourth-order valence-electron chi connectivity index (χ4n) is 2.52. The van der Waals surface area contributed by atoms with E-state index in [9.17, 15) is 4.39 Å². The number of nitrogens with zero attached hydrogens (tertiary/aromatic N) is 1. The van der Waals surface area contributed by atoms with Crippen molar-refractivity contribution in [2.75, 3.05) is 0 Å². The zero-order valence-electron chi connectivity index (χ0n) is 12.7. The molecular formula is C19H20FN. The van der Waals surface area contributed by atoms with Gasteiger partial charge in [-0.2, -0.15) is 5.26 Å². The van der Waals surface area contributed by atoms with Gasteiger partial charge in [0.15, 0.2) is 0 Å². The van der Waals surface area contributed by atoms with E-state index in [0.717, 1.165) is 17.5 Å². The lowest BCUT2D eigenvalue weighted by Gasteiger charge is -2.14. The van der Waals surface area contributed by atoms with E-state index < -0.39 is 0 Å². The van der Waals surface area contributed by atoms with Gasteiger partial charge in [0.25, 0.3) is 0 Å². The zero-order valence-corrected chi connectivity index (χ0v) is 12.7. The minimum Gasteiger partial charge on any atom is -0.207 e. The second-order valence-electron chi connectivity index (χ2n) is 5.85. The molecule has 2 aromatic rings. The molecule has 0 saturated heterocycles. The summed E-state index contributed by atoms with van der Waals surface area (Å²) in [5, 5.41) is 8.83. The van der Waals surface area contributed by atoms with Crippen molar-refractivity contribution in [2.45, 2.75) is 39.0 Å². The number of nitriles is 1. The lowest BCUT2D eigenvalue weighted by Crippen LogP contribution is -2.01. The first-order valence-electron chi connectivity index (χ1n) is 7.29. The van der Waals surface area contributed by atoms with Crippen LogP contribution in [0.1, 0.15) is 54.9 Å². The SMILES string of the molecule is CC(C)c1cc(CC(C)c2ccc(C#N)cc2)ccc1F. The standard InChI is InChI=1S/C19H20FN/c1-13(2)18-11-16(6-9-19(18)20)10-14(3)17-7-4-15(12-21)5-8-17/h4-9,11,13-14H,10H2,1-3H3. The van der Waals surface area contributed by atoms with E-state index >= 15 is 0 Å². The number of benzene rings is 2. The molecule has 1 unspecified atom stereocenters. The first kappa shape index (κ1) is 15.3. The summed E-state index contributed by atoms with van der Waals surface area (Å²) in [5.41, 5.74) is 3.80. The molecule has 0 radical (unpaired) electrons. The summed E-state index contributed by atoms with van der Waals surface area (Å²) in [7, 11) is 0. The van der Waals surface area contributed by atoms with E-state index in [4.69, 9.17) is 5.26 Å². The Labute approximate surface area is 126 Å². The minimum absolute atomic E-state index is 0.125. The Bertz CT molecular complexity index is 650. The largest absolute Gasteiger partial charge is 0.207 e. The Kier molecular flexibility index (Phi) is 4.75. The van der Waals surface area contributed by atoms with Crippen molar-refractivity contribution in [3.8, 4) is 6.07 Å². The van der Waals surface area contributed by atoms with Gasteiger partial charge in [0.05, 0.1) is 11.6 Å². The Morgan fingerprint density at radius 2 is 1.71 bits per heavy atom. The average molecular weight is 281 g/mol. The van der Waals surface area contributed by atoms with Crippen molar-refractivity contribution < 1.29 is 4.39 Å². The Balaban J connectivity index is 2.17. The summed E-state index contributed by atoms with van der Waals surface area (Å²) < 4.78 is 13.7. The van der Waals surface area contributed by atoms with Crippen LogP contribution in [0.2, 0.25) is 0 Å². The van der Waals surface area contributed by atoms with Gasteiger partial charge in [-0.05, 0) is 53.1 Å². The summed E-state index contributed by atoms with van der Waals surface area (Å²) in [6.45, 7) is 6.16. The second kappa shape index (κ2) is 6.54. The highest BCUT2D eigenvalue weighted by Gasteiger charge is 2.11. The maximum Gasteiger partial charge on any atom is 0.126 e. The molecule has 1 atom stereocenters. The molecule has 0 aliphatic carbocycles. The summed E-state index contributed by atoms with van der Waals surface area (Å²) in [6, 6.07) is 15.2. The Morgan fingerprint density at radius 3 is 2.29 bits per heavy atom. The molecule has 0 N–H and O–H groups in total. The van der Waals surface area contributed by atoms with Crippen molar-refractivity contribution in [3.05, 3.63) is 70.5 Å². The van der Waals surface area contributed by atoms with Crippen LogP contribution < -0.4 is 0 Å². The number of hydrogen-bond acceptors (Lipinski definition) is 1. The molecule has 2 rings (SSSR count). The maximum absolute atomic E-state index is 13.7. The van der Waals surface area contributed by atoms with Gasteiger partial charge in [-0.3, -0.25) is 0 Å². The van der Waals surface area contributed by atoms with Gasteiger partial charge in [0.1, 0.15) is 5.82 Å². The van der Waals surface area contributed by atoms with Crippen LogP contribution in [0.25, 0.3) is 0 Å². The van der Waals surface area contributed by atoms with Gasteiger partial charge in [-0.1, -0.05) is 45.0 Å². The topological polar surface area (TPSA) is 23.8 Å². The molecule has 0 aliphatic heterocycles. The van der Waals surface area contributed by atoms with Gasteiger partial charge >= 0.3 is 0 Å². The molecule has 21 heavy (non-hydrogen) atoms. The van der Waals surface area contributed by atoms with Crippen LogP contribution in [-0.4, -0.2) is 0 Å². The molecular weight excluding hydrogens is 261 g/mol. The van der Waals surface area contributed by atoms with E-state index in [2.05, 4.69) is 13.0 Å². The summed E-state index contributed by atoms with van der Waals surface area (Å²) in [6.07, 6.45) is 0.867. The van der Waals surface area contributed by atoms with Crippen LogP contribution >= 0.6 is 0 Å². The monoisotopic (exact) mass is 281 g/mol. The van der Waals surface area contributed by atoms with Crippen LogP contribution in [0, 0.1) is 17.1 Å². The van der Waals surface area contributed by atoms with Gasteiger partial charge in [-0.15, -0.1) is 0 Å². The smallest absolute Gasteiger partial charge is 0.126 e. The summed E-state index contributed by atoms with van der Waals surface area (Å²) in [4.78, 5) is 0. The predicted octanol–water partition coefficient (Wildman–Crippen LogP) is 5.17. The predicted molar refractivity (Wildman–Crippen MR) is 83.8 cm³/mol. The van der Waals surface area contributed by atoms with Gasteiger partial charge in [0.2, 0.25) is 0 Å². The molecule has 108 valence electrons. The summed E-state index contributed by atoms with van der Waals surface area (Å²) in [5.74, 6) is 0.401. The third-order valence-corrected chi connectivity index (χ3v) is 3.83. The molecule has 0 amide bonds. The van der Waals surface area contributed by atoms with Crippen molar-refractivity contribution in [3.63, 3.8) is 0 Å². The average Bonchev–Trinajstić information content (AvgIpc) is 2.49. The molecule has 0 aliphatic rings. The fourth-order valence-corrected chi connectivity index (χ4v) is 2.52. The van der Waals surface area contributed by atoms with Crippen LogP contribution in [0.3, 0.4) is 0 Å². The summed E-state index contributed by atoms with van der Waals surface area (Å²) >= 11 is 0. The number of halogens is 1. The van der Waals surface area contributed by atoms with Crippen LogP contribution in [0.15, 0.2) is 42.5 Å². The van der Waals surface area contributed by atoms with Crippen molar-refractivity contribution in [1.29, 1.82) is 5.26 Å². The highest BCUT2D eigenvalue weighted by molar-refractivity contribution is 5.34. The zero-order chi connectivity index (χ0) is 15.4. The van der Waals surface area contributed by atoms with Crippen molar-refractivity contribution in [2.24, 2.45) is 0 Å². The molecule has 0 spiro atoms. The van der Waals surface area contributed by atoms with Gasteiger partial charge in [-0.25, -0.2) is 4.39 Å². The van der Waals surface area contributed by atoms with Crippen molar-refractivity contribution in [1.82, 2.24) is 0 Å². The first-order valence-corrected chi connectivity index (χ1v) is 7.29. The highest BCUT2D eigenvalue weighted by Crippen LogP contribution is 2.25. The lowest BCUT2D eigenvalue weighted by atomic mass is 9.91. The van der Waals surface area contributed by atoms with E-state index in [-0.39, 0.29) is 11.7 Å². The van der Waals surface area contributed by atoms with E-state index in [1.54, 1.807) is 6.07 Å². The fraction of sp³-hybridized carbons (Fsp3) is 0.316. The molecule has 0 bridgehead atoms. The molecule has 2 heteroatoms. The van der Waals surface area contributed by atoms with Crippen LogP contribution in [-0.2, 0) is 6.42 Å². The third kappa shape index (κ3) is 3.70. The normalized spacial score (nSPS) is 12.2. The Morgan fingerprint density at radius 1 is 1.05 bits per heavy atom. The molecule has 0 saturated carbocycles. The van der Waals surface area contributed by atoms with Crippen molar-refractivity contribution >= 4 is 0 Å². The van der Waals surface area contributed by atoms with Crippen LogP contribution in [0.5, 0.6) is 0 Å². The van der Waals surface area contributed by atoms with E-state index in [1.807, 2.05) is 50.2 Å². The van der Waals surface area contributed by atoms with E-state index in [1.165, 1.54) is 5.56 Å². The molecule has 0 heterocycles.